The largest absolute Gasteiger partial charge is 0.370 e. The minimum atomic E-state index is 0.578. The molecule has 0 unspecified atom stereocenters. The minimum Gasteiger partial charge on any atom is -0.370 e. The summed E-state index contributed by atoms with van der Waals surface area (Å²) >= 11 is 0. The smallest absolute Gasteiger partial charge is 0.165 e. The Labute approximate surface area is 156 Å². The quantitative estimate of drug-likeness (QED) is 0.657. The molecule has 0 fully saturated rings. The Morgan fingerprint density at radius 2 is 2.08 bits per heavy atom. The summed E-state index contributed by atoms with van der Waals surface area (Å²) in [5, 5.41) is 7.86. The molecule has 5 nitrogen and oxygen atoms in total. The van der Waals surface area contributed by atoms with Gasteiger partial charge >= 0.3 is 0 Å². The predicted molar refractivity (Wildman–Crippen MR) is 108 cm³/mol. The van der Waals surface area contributed by atoms with Gasteiger partial charge in [-0.25, -0.2) is 9.50 Å². The van der Waals surface area contributed by atoms with Crippen molar-refractivity contribution < 1.29 is 0 Å². The molecule has 5 heteroatoms. The van der Waals surface area contributed by atoms with E-state index >= 15 is 0 Å². The number of fused-ring (bicyclic) bond motifs is 1. The predicted octanol–water partition coefficient (Wildman–Crippen LogP) is 4.31. The zero-order chi connectivity index (χ0) is 18.5. The Bertz CT molecular complexity index is 852. The summed E-state index contributed by atoms with van der Waals surface area (Å²) in [4.78, 5) is 7.13. The summed E-state index contributed by atoms with van der Waals surface area (Å²) in [7, 11) is 2.17. The van der Waals surface area contributed by atoms with E-state index in [9.17, 15) is 0 Å². The van der Waals surface area contributed by atoms with Gasteiger partial charge < -0.3 is 10.2 Å². The summed E-state index contributed by atoms with van der Waals surface area (Å²) in [5.74, 6) is 1.47. The summed E-state index contributed by atoms with van der Waals surface area (Å²) in [6, 6.07) is 10.7. The third-order valence-electron chi connectivity index (χ3n) is 4.36. The molecule has 2 aromatic heterocycles. The number of benzene rings is 1. The fraction of sp³-hybridized carbons (Fsp3) is 0.429. The van der Waals surface area contributed by atoms with Gasteiger partial charge in [0, 0.05) is 24.8 Å². The van der Waals surface area contributed by atoms with Gasteiger partial charge in [-0.05, 0) is 49.2 Å². The Hall–Kier alpha value is -2.40. The SMILES string of the molecule is CCCN(C)Cc1cccc(-c2cnn3ccc(NCC(C)C)nc23)c1. The third kappa shape index (κ3) is 4.41. The van der Waals surface area contributed by atoms with Crippen LogP contribution in [0.1, 0.15) is 32.8 Å². The first kappa shape index (κ1) is 18.4. The second kappa shape index (κ2) is 8.32. The maximum atomic E-state index is 4.78. The van der Waals surface area contributed by atoms with E-state index in [4.69, 9.17) is 4.98 Å². The topological polar surface area (TPSA) is 45.5 Å². The number of hydrogen-bond donors (Lipinski definition) is 1. The maximum absolute atomic E-state index is 4.78. The molecule has 0 aliphatic rings. The summed E-state index contributed by atoms with van der Waals surface area (Å²) in [6.07, 6.45) is 5.04. The summed E-state index contributed by atoms with van der Waals surface area (Å²) < 4.78 is 1.84. The molecule has 0 spiro atoms. The van der Waals surface area contributed by atoms with E-state index in [1.807, 2.05) is 23.0 Å². The van der Waals surface area contributed by atoms with Crippen molar-refractivity contribution >= 4 is 11.5 Å². The van der Waals surface area contributed by atoms with Crippen LogP contribution in [0.5, 0.6) is 0 Å². The van der Waals surface area contributed by atoms with Crippen LogP contribution in [0.15, 0.2) is 42.7 Å². The van der Waals surface area contributed by atoms with E-state index in [1.165, 1.54) is 12.0 Å². The van der Waals surface area contributed by atoms with E-state index < -0.39 is 0 Å². The van der Waals surface area contributed by atoms with Gasteiger partial charge in [-0.2, -0.15) is 5.10 Å². The van der Waals surface area contributed by atoms with Crippen LogP contribution in [0, 0.1) is 5.92 Å². The van der Waals surface area contributed by atoms with E-state index in [0.717, 1.165) is 42.2 Å². The molecule has 138 valence electrons. The average Bonchev–Trinajstić information content (AvgIpc) is 3.03. The zero-order valence-corrected chi connectivity index (χ0v) is 16.2. The van der Waals surface area contributed by atoms with Crippen LogP contribution in [-0.2, 0) is 6.54 Å². The fourth-order valence-corrected chi connectivity index (χ4v) is 3.09. The lowest BCUT2D eigenvalue weighted by Gasteiger charge is -2.15. The number of nitrogens with one attached hydrogen (secondary N) is 1. The summed E-state index contributed by atoms with van der Waals surface area (Å²) in [6.45, 7) is 9.56. The van der Waals surface area contributed by atoms with Crippen LogP contribution >= 0.6 is 0 Å². The molecule has 0 amide bonds. The van der Waals surface area contributed by atoms with Gasteiger partial charge in [0.15, 0.2) is 5.65 Å². The van der Waals surface area contributed by atoms with E-state index in [2.05, 4.69) is 67.4 Å². The van der Waals surface area contributed by atoms with Crippen molar-refractivity contribution in [3.05, 3.63) is 48.3 Å². The van der Waals surface area contributed by atoms with Crippen LogP contribution in [0.4, 0.5) is 5.82 Å². The Balaban J connectivity index is 1.88. The van der Waals surface area contributed by atoms with Crippen LogP contribution in [0.25, 0.3) is 16.8 Å². The van der Waals surface area contributed by atoms with Crippen molar-refractivity contribution in [1.82, 2.24) is 19.5 Å². The highest BCUT2D eigenvalue weighted by Gasteiger charge is 2.10. The second-order valence-corrected chi connectivity index (χ2v) is 7.35. The van der Waals surface area contributed by atoms with Crippen LogP contribution in [0.2, 0.25) is 0 Å². The number of rotatable bonds is 8. The normalized spacial score (nSPS) is 11.6. The zero-order valence-electron chi connectivity index (χ0n) is 16.2. The fourth-order valence-electron chi connectivity index (χ4n) is 3.09. The van der Waals surface area contributed by atoms with Crippen LogP contribution in [0.3, 0.4) is 0 Å². The molecule has 26 heavy (non-hydrogen) atoms. The molecule has 2 heterocycles. The molecule has 0 radical (unpaired) electrons. The molecule has 0 aliphatic carbocycles. The lowest BCUT2D eigenvalue weighted by Crippen LogP contribution is -2.18. The van der Waals surface area contributed by atoms with Crippen molar-refractivity contribution in [2.45, 2.75) is 33.7 Å². The van der Waals surface area contributed by atoms with Crippen molar-refractivity contribution in [2.24, 2.45) is 5.92 Å². The maximum Gasteiger partial charge on any atom is 0.165 e. The molecular weight excluding hydrogens is 322 g/mol. The number of hydrogen-bond acceptors (Lipinski definition) is 4. The lowest BCUT2D eigenvalue weighted by atomic mass is 10.1. The first-order valence-corrected chi connectivity index (χ1v) is 9.43. The average molecular weight is 351 g/mol. The Kier molecular flexibility index (Phi) is 5.89. The molecular formula is C21H29N5. The third-order valence-corrected chi connectivity index (χ3v) is 4.36. The van der Waals surface area contributed by atoms with Crippen molar-refractivity contribution in [1.29, 1.82) is 0 Å². The monoisotopic (exact) mass is 351 g/mol. The standard InChI is InChI=1S/C21H29N5/c1-5-10-25(4)15-17-7-6-8-18(12-17)19-14-23-26-11-9-20(24-21(19)26)22-13-16(2)3/h6-9,11-12,14,16H,5,10,13,15H2,1-4H3,(H,22,24). The van der Waals surface area contributed by atoms with Crippen molar-refractivity contribution in [2.75, 3.05) is 25.5 Å². The van der Waals surface area contributed by atoms with Gasteiger partial charge in [0.25, 0.3) is 0 Å². The second-order valence-electron chi connectivity index (χ2n) is 7.35. The molecule has 3 rings (SSSR count). The van der Waals surface area contributed by atoms with Crippen LogP contribution in [-0.4, -0.2) is 39.6 Å². The Morgan fingerprint density at radius 1 is 1.23 bits per heavy atom. The lowest BCUT2D eigenvalue weighted by molar-refractivity contribution is 0.327. The molecule has 1 aromatic carbocycles. The molecule has 1 N–H and O–H groups in total. The molecule has 3 aromatic rings. The van der Waals surface area contributed by atoms with Gasteiger partial charge in [-0.15, -0.1) is 0 Å². The van der Waals surface area contributed by atoms with E-state index in [1.54, 1.807) is 0 Å². The van der Waals surface area contributed by atoms with Gasteiger partial charge in [0.2, 0.25) is 0 Å². The van der Waals surface area contributed by atoms with Crippen molar-refractivity contribution in [3.63, 3.8) is 0 Å². The number of nitrogens with zero attached hydrogens (tertiary/aromatic N) is 4. The molecule has 0 bridgehead atoms. The van der Waals surface area contributed by atoms with E-state index in [-0.39, 0.29) is 0 Å². The highest BCUT2D eigenvalue weighted by molar-refractivity contribution is 5.78. The first-order chi connectivity index (χ1) is 12.6. The van der Waals surface area contributed by atoms with Gasteiger partial charge in [0.1, 0.15) is 5.82 Å². The van der Waals surface area contributed by atoms with Gasteiger partial charge in [-0.3, -0.25) is 0 Å². The number of anilines is 1. The number of aromatic nitrogens is 3. The van der Waals surface area contributed by atoms with Crippen LogP contribution < -0.4 is 5.32 Å². The first-order valence-electron chi connectivity index (χ1n) is 9.43. The highest BCUT2D eigenvalue weighted by atomic mass is 15.2. The summed E-state index contributed by atoms with van der Waals surface area (Å²) in [5.41, 5.74) is 4.43. The van der Waals surface area contributed by atoms with E-state index in [0.29, 0.717) is 5.92 Å². The molecule has 0 saturated carbocycles. The van der Waals surface area contributed by atoms with Gasteiger partial charge in [0.05, 0.1) is 6.20 Å². The molecule has 0 aliphatic heterocycles. The van der Waals surface area contributed by atoms with Crippen molar-refractivity contribution in [3.8, 4) is 11.1 Å². The minimum absolute atomic E-state index is 0.578. The molecule has 0 atom stereocenters. The van der Waals surface area contributed by atoms with Gasteiger partial charge in [-0.1, -0.05) is 39.0 Å². The highest BCUT2D eigenvalue weighted by Crippen LogP contribution is 2.25. The Morgan fingerprint density at radius 3 is 2.85 bits per heavy atom. The molecule has 0 saturated heterocycles.